The molecule has 0 bridgehead atoms. The van der Waals surface area contributed by atoms with Crippen molar-refractivity contribution in [1.29, 1.82) is 0 Å². The lowest BCUT2D eigenvalue weighted by Crippen LogP contribution is -1.89. The Morgan fingerprint density at radius 1 is 1.31 bits per heavy atom. The minimum Gasteiger partial charge on any atom is -0.480 e. The quantitative estimate of drug-likeness (QED) is 0.700. The van der Waals surface area contributed by atoms with Crippen molar-refractivity contribution in [2.75, 3.05) is 7.11 Å². The summed E-state index contributed by atoms with van der Waals surface area (Å²) in [7, 11) is 1.59. The second-order valence-corrected chi connectivity index (χ2v) is 3.19. The SMILES string of the molecule is COc1nc2ccccc2cc1S. The molecule has 0 saturated heterocycles. The lowest BCUT2D eigenvalue weighted by molar-refractivity contribution is 0.389. The third-order valence-electron chi connectivity index (χ3n) is 1.86. The highest BCUT2D eigenvalue weighted by Gasteiger charge is 2.02. The van der Waals surface area contributed by atoms with E-state index in [0.29, 0.717) is 5.88 Å². The molecular formula is C10H9NOS. The summed E-state index contributed by atoms with van der Waals surface area (Å²) in [6, 6.07) is 9.83. The van der Waals surface area contributed by atoms with Gasteiger partial charge in [-0.15, -0.1) is 12.6 Å². The van der Waals surface area contributed by atoms with Crippen molar-refractivity contribution in [2.45, 2.75) is 4.90 Å². The highest BCUT2D eigenvalue weighted by atomic mass is 32.1. The molecule has 1 aromatic carbocycles. The summed E-state index contributed by atoms with van der Waals surface area (Å²) in [6.45, 7) is 0. The first-order chi connectivity index (χ1) is 6.31. The molecule has 1 aromatic heterocycles. The molecule has 0 aliphatic carbocycles. The van der Waals surface area contributed by atoms with E-state index in [-0.39, 0.29) is 0 Å². The van der Waals surface area contributed by atoms with Gasteiger partial charge in [0.1, 0.15) is 0 Å². The molecule has 0 atom stereocenters. The van der Waals surface area contributed by atoms with Crippen LogP contribution in [0.5, 0.6) is 5.88 Å². The predicted octanol–water partition coefficient (Wildman–Crippen LogP) is 2.53. The smallest absolute Gasteiger partial charge is 0.227 e. The van der Waals surface area contributed by atoms with E-state index < -0.39 is 0 Å². The molecule has 2 aromatic rings. The Labute approximate surface area is 82.0 Å². The number of ether oxygens (including phenoxy) is 1. The van der Waals surface area contributed by atoms with Crippen LogP contribution in [0.4, 0.5) is 0 Å². The molecule has 0 aliphatic rings. The summed E-state index contributed by atoms with van der Waals surface area (Å²) in [4.78, 5) is 5.06. The average molecular weight is 191 g/mol. The zero-order valence-electron chi connectivity index (χ0n) is 7.19. The van der Waals surface area contributed by atoms with Gasteiger partial charge in [-0.05, 0) is 12.1 Å². The number of methoxy groups -OCH3 is 1. The highest BCUT2D eigenvalue weighted by Crippen LogP contribution is 2.24. The Kier molecular flexibility index (Phi) is 2.10. The van der Waals surface area contributed by atoms with Gasteiger partial charge in [-0.2, -0.15) is 0 Å². The number of aromatic nitrogens is 1. The molecule has 3 heteroatoms. The van der Waals surface area contributed by atoms with Crippen LogP contribution in [0.2, 0.25) is 0 Å². The number of pyridine rings is 1. The van der Waals surface area contributed by atoms with E-state index in [1.165, 1.54) is 0 Å². The molecule has 0 saturated carbocycles. The maximum absolute atomic E-state index is 5.07. The molecule has 0 fully saturated rings. The fourth-order valence-corrected chi connectivity index (χ4v) is 1.52. The number of hydrogen-bond donors (Lipinski definition) is 1. The van der Waals surface area contributed by atoms with Crippen LogP contribution in [0, 0.1) is 0 Å². The third-order valence-corrected chi connectivity index (χ3v) is 2.18. The van der Waals surface area contributed by atoms with E-state index in [2.05, 4.69) is 17.6 Å². The van der Waals surface area contributed by atoms with Crippen LogP contribution in [0.25, 0.3) is 10.9 Å². The Hall–Kier alpha value is -1.22. The minimum atomic E-state index is 0.571. The number of benzene rings is 1. The van der Waals surface area contributed by atoms with E-state index in [4.69, 9.17) is 4.74 Å². The second kappa shape index (κ2) is 3.26. The van der Waals surface area contributed by atoms with Crippen LogP contribution >= 0.6 is 12.6 Å². The molecule has 0 aliphatic heterocycles. The molecule has 13 heavy (non-hydrogen) atoms. The van der Waals surface area contributed by atoms with Crippen LogP contribution in [0.3, 0.4) is 0 Å². The van der Waals surface area contributed by atoms with E-state index >= 15 is 0 Å². The molecule has 0 spiro atoms. The van der Waals surface area contributed by atoms with E-state index in [1.807, 2.05) is 30.3 Å². The maximum atomic E-state index is 5.07. The summed E-state index contributed by atoms with van der Waals surface area (Å²) in [5.74, 6) is 0.571. The summed E-state index contributed by atoms with van der Waals surface area (Å²) in [6.07, 6.45) is 0. The van der Waals surface area contributed by atoms with E-state index in [0.717, 1.165) is 15.8 Å². The van der Waals surface area contributed by atoms with Crippen LogP contribution in [-0.2, 0) is 0 Å². The molecule has 0 amide bonds. The molecule has 0 unspecified atom stereocenters. The number of fused-ring (bicyclic) bond motifs is 1. The first kappa shape index (κ1) is 8.38. The van der Waals surface area contributed by atoms with Crippen molar-refractivity contribution in [1.82, 2.24) is 4.98 Å². The van der Waals surface area contributed by atoms with Crippen LogP contribution in [0.1, 0.15) is 0 Å². The summed E-state index contributed by atoms with van der Waals surface area (Å²) in [5.41, 5.74) is 0.928. The highest BCUT2D eigenvalue weighted by molar-refractivity contribution is 7.80. The van der Waals surface area contributed by atoms with Crippen LogP contribution < -0.4 is 4.74 Å². The van der Waals surface area contributed by atoms with Gasteiger partial charge in [0.2, 0.25) is 5.88 Å². The van der Waals surface area contributed by atoms with Crippen molar-refractivity contribution in [3.05, 3.63) is 30.3 Å². The van der Waals surface area contributed by atoms with Crippen molar-refractivity contribution in [3.8, 4) is 5.88 Å². The molecule has 0 radical (unpaired) electrons. The number of rotatable bonds is 1. The topological polar surface area (TPSA) is 22.1 Å². The first-order valence-electron chi connectivity index (χ1n) is 3.94. The Morgan fingerprint density at radius 2 is 2.08 bits per heavy atom. The first-order valence-corrected chi connectivity index (χ1v) is 4.39. The molecular weight excluding hydrogens is 182 g/mol. The minimum absolute atomic E-state index is 0.571. The second-order valence-electron chi connectivity index (χ2n) is 2.71. The number of hydrogen-bond acceptors (Lipinski definition) is 3. The van der Waals surface area contributed by atoms with Gasteiger partial charge in [0.25, 0.3) is 0 Å². The normalized spacial score (nSPS) is 10.3. The number of nitrogens with zero attached hydrogens (tertiary/aromatic N) is 1. The predicted molar refractivity (Wildman–Crippen MR) is 55.5 cm³/mol. The monoisotopic (exact) mass is 191 g/mol. The number of para-hydroxylation sites is 1. The summed E-state index contributed by atoms with van der Waals surface area (Å²) in [5, 5.41) is 1.08. The Morgan fingerprint density at radius 3 is 2.85 bits per heavy atom. The molecule has 2 rings (SSSR count). The van der Waals surface area contributed by atoms with Crippen molar-refractivity contribution < 1.29 is 4.74 Å². The fourth-order valence-electron chi connectivity index (χ4n) is 1.24. The number of thiol groups is 1. The van der Waals surface area contributed by atoms with Gasteiger partial charge < -0.3 is 4.74 Å². The Balaban J connectivity index is 2.74. The molecule has 2 nitrogen and oxygen atoms in total. The van der Waals surface area contributed by atoms with Crippen molar-refractivity contribution in [2.24, 2.45) is 0 Å². The van der Waals surface area contributed by atoms with Gasteiger partial charge in [0, 0.05) is 5.39 Å². The zero-order chi connectivity index (χ0) is 9.26. The van der Waals surface area contributed by atoms with Crippen molar-refractivity contribution in [3.63, 3.8) is 0 Å². The zero-order valence-corrected chi connectivity index (χ0v) is 8.08. The van der Waals surface area contributed by atoms with Gasteiger partial charge >= 0.3 is 0 Å². The van der Waals surface area contributed by atoms with E-state index in [1.54, 1.807) is 7.11 Å². The van der Waals surface area contributed by atoms with Crippen molar-refractivity contribution >= 4 is 23.5 Å². The largest absolute Gasteiger partial charge is 0.480 e. The maximum Gasteiger partial charge on any atom is 0.227 e. The Bertz CT molecular complexity index is 442. The van der Waals surface area contributed by atoms with Crippen LogP contribution in [-0.4, -0.2) is 12.1 Å². The van der Waals surface area contributed by atoms with Gasteiger partial charge in [0.05, 0.1) is 17.5 Å². The van der Waals surface area contributed by atoms with E-state index in [9.17, 15) is 0 Å². The average Bonchev–Trinajstić information content (AvgIpc) is 2.17. The molecule has 66 valence electrons. The van der Waals surface area contributed by atoms with Gasteiger partial charge in [-0.25, -0.2) is 4.98 Å². The summed E-state index contributed by atoms with van der Waals surface area (Å²) < 4.78 is 5.07. The lowest BCUT2D eigenvalue weighted by atomic mass is 10.2. The molecule has 0 N–H and O–H groups in total. The van der Waals surface area contributed by atoms with Gasteiger partial charge in [-0.3, -0.25) is 0 Å². The standard InChI is InChI=1S/C10H9NOS/c1-12-10-9(13)6-7-4-2-3-5-8(7)11-10/h2-6,13H,1H3. The van der Waals surface area contributed by atoms with Gasteiger partial charge in [0.15, 0.2) is 0 Å². The fraction of sp³-hybridized carbons (Fsp3) is 0.100. The summed E-state index contributed by atoms with van der Waals surface area (Å²) >= 11 is 4.27. The van der Waals surface area contributed by atoms with Gasteiger partial charge in [-0.1, -0.05) is 18.2 Å². The lowest BCUT2D eigenvalue weighted by Gasteiger charge is -2.03. The third kappa shape index (κ3) is 1.47. The van der Waals surface area contributed by atoms with Crippen LogP contribution in [0.15, 0.2) is 35.2 Å². The molecule has 1 heterocycles.